The Morgan fingerprint density at radius 2 is 0.896 bits per heavy atom. The third-order valence-corrected chi connectivity index (χ3v) is 7.57. The predicted molar refractivity (Wildman–Crippen MR) is 183 cm³/mol. The van der Waals surface area contributed by atoms with Crippen molar-refractivity contribution in [3.05, 3.63) is 89.5 Å². The zero-order valence-corrected chi connectivity index (χ0v) is 28.4. The molecule has 0 aliphatic carbocycles. The summed E-state index contributed by atoms with van der Waals surface area (Å²) in [7, 11) is 0. The van der Waals surface area contributed by atoms with Gasteiger partial charge in [0.05, 0.1) is 29.9 Å². The Morgan fingerprint density at radius 1 is 0.500 bits per heavy atom. The highest BCUT2D eigenvalue weighted by molar-refractivity contribution is 5.93. The number of benzene rings is 3. The van der Waals surface area contributed by atoms with Gasteiger partial charge in [-0.1, -0.05) is 71.6 Å². The number of hydrogen-bond donors (Lipinski definition) is 0. The Bertz CT molecular complexity index is 1410. The maximum atomic E-state index is 12.7. The van der Waals surface area contributed by atoms with E-state index in [2.05, 4.69) is 6.92 Å². The van der Waals surface area contributed by atoms with Gasteiger partial charge in [0, 0.05) is 0 Å². The van der Waals surface area contributed by atoms with Gasteiger partial charge in [-0.3, -0.25) is 0 Å². The van der Waals surface area contributed by atoms with Crippen LogP contribution in [0.4, 0.5) is 0 Å². The zero-order chi connectivity index (χ0) is 34.6. The molecule has 0 aliphatic rings. The summed E-state index contributed by atoms with van der Waals surface area (Å²) in [6, 6.07) is 18.6. The molecule has 3 rings (SSSR count). The highest BCUT2D eigenvalue weighted by atomic mass is 16.6. The molecule has 0 bridgehead atoms. The molecule has 0 spiro atoms. The van der Waals surface area contributed by atoms with Crippen LogP contribution >= 0.6 is 0 Å². The molecule has 3 aromatic carbocycles. The van der Waals surface area contributed by atoms with Crippen molar-refractivity contribution in [3.63, 3.8) is 0 Å². The average Bonchev–Trinajstić information content (AvgIpc) is 3.10. The van der Waals surface area contributed by atoms with Crippen molar-refractivity contribution < 1.29 is 42.9 Å². The first-order valence-electron chi connectivity index (χ1n) is 17.1. The minimum absolute atomic E-state index is 0.188. The van der Waals surface area contributed by atoms with E-state index in [1.807, 2.05) is 6.92 Å². The van der Waals surface area contributed by atoms with Gasteiger partial charge < -0.3 is 23.7 Å². The number of ether oxygens (including phenoxy) is 5. The van der Waals surface area contributed by atoms with E-state index < -0.39 is 30.0 Å². The van der Waals surface area contributed by atoms with Gasteiger partial charge in [0.2, 0.25) is 0 Å². The summed E-state index contributed by atoms with van der Waals surface area (Å²) < 4.78 is 27.0. The average molecular weight is 661 g/mol. The molecule has 0 fully saturated rings. The first-order chi connectivity index (χ1) is 23.3. The summed E-state index contributed by atoms with van der Waals surface area (Å²) in [5.74, 6) is -1.28. The Balaban J connectivity index is 1.39. The summed E-state index contributed by atoms with van der Waals surface area (Å²) in [4.78, 5) is 49.7. The van der Waals surface area contributed by atoms with Gasteiger partial charge in [-0.05, 0) is 92.6 Å². The fourth-order valence-electron chi connectivity index (χ4n) is 4.68. The summed E-state index contributed by atoms with van der Waals surface area (Å²) in [5, 5.41) is 0. The second-order valence-electron chi connectivity index (χ2n) is 11.6. The molecule has 0 aliphatic heterocycles. The molecular formula is C39H48O9. The van der Waals surface area contributed by atoms with Gasteiger partial charge in [-0.2, -0.15) is 0 Å². The molecule has 48 heavy (non-hydrogen) atoms. The molecule has 0 radical (unpaired) electrons. The van der Waals surface area contributed by atoms with Crippen molar-refractivity contribution in [2.24, 2.45) is 0 Å². The highest BCUT2D eigenvalue weighted by Gasteiger charge is 2.20. The Kier molecular flexibility index (Phi) is 16.7. The fourth-order valence-corrected chi connectivity index (χ4v) is 4.68. The van der Waals surface area contributed by atoms with Gasteiger partial charge >= 0.3 is 23.9 Å². The lowest BCUT2D eigenvalue weighted by Gasteiger charge is -2.13. The van der Waals surface area contributed by atoms with E-state index in [-0.39, 0.29) is 29.2 Å². The van der Waals surface area contributed by atoms with Gasteiger partial charge in [0.25, 0.3) is 0 Å². The first kappa shape index (κ1) is 37.8. The normalized spacial score (nSPS) is 11.3. The van der Waals surface area contributed by atoms with Crippen LogP contribution in [0.2, 0.25) is 0 Å². The quantitative estimate of drug-likeness (QED) is 0.0627. The SMILES string of the molecule is CCCCCCCCCCOc1ccc(C(=O)Oc2ccc(C(=O)Oc3ccc(C(=O)O[C@@H](C)C(=O)OCCCCC)cc3)cc2)cc1. The smallest absolute Gasteiger partial charge is 0.347 e. The number of rotatable bonds is 21. The van der Waals surface area contributed by atoms with Gasteiger partial charge in [-0.25, -0.2) is 19.2 Å². The van der Waals surface area contributed by atoms with E-state index in [0.717, 1.165) is 32.1 Å². The minimum Gasteiger partial charge on any atom is -0.494 e. The molecule has 9 heteroatoms. The van der Waals surface area contributed by atoms with Crippen LogP contribution in [0.25, 0.3) is 0 Å². The van der Waals surface area contributed by atoms with Crippen LogP contribution in [-0.4, -0.2) is 43.2 Å². The Hall–Kier alpha value is -4.66. The summed E-state index contributed by atoms with van der Waals surface area (Å²) in [6.07, 6.45) is 11.5. The van der Waals surface area contributed by atoms with E-state index >= 15 is 0 Å². The number of carbonyl (C=O) groups excluding carboxylic acids is 4. The van der Waals surface area contributed by atoms with Crippen molar-refractivity contribution in [2.45, 2.75) is 97.5 Å². The monoisotopic (exact) mass is 660 g/mol. The topological polar surface area (TPSA) is 114 Å². The van der Waals surface area contributed by atoms with Crippen LogP contribution in [0.5, 0.6) is 17.2 Å². The molecule has 0 N–H and O–H groups in total. The lowest BCUT2D eigenvalue weighted by molar-refractivity contribution is -0.153. The summed E-state index contributed by atoms with van der Waals surface area (Å²) in [5.41, 5.74) is 0.803. The van der Waals surface area contributed by atoms with Crippen LogP contribution in [0.1, 0.15) is 122 Å². The maximum Gasteiger partial charge on any atom is 0.347 e. The molecular weight excluding hydrogens is 612 g/mol. The second-order valence-corrected chi connectivity index (χ2v) is 11.6. The van der Waals surface area contributed by atoms with Crippen LogP contribution in [0.3, 0.4) is 0 Å². The number of esters is 4. The fraction of sp³-hybridized carbons (Fsp3) is 0.436. The van der Waals surface area contributed by atoms with Crippen LogP contribution in [0.15, 0.2) is 72.8 Å². The molecule has 9 nitrogen and oxygen atoms in total. The minimum atomic E-state index is -1.05. The second kappa shape index (κ2) is 21.3. The van der Waals surface area contributed by atoms with Crippen molar-refractivity contribution in [3.8, 4) is 17.2 Å². The van der Waals surface area contributed by atoms with Crippen molar-refractivity contribution >= 4 is 23.9 Å². The molecule has 0 saturated heterocycles. The standard InChI is InChI=1S/C39H48O9/c1-4-6-8-9-10-11-12-14-27-44-33-21-15-31(16-22-33)38(42)47-35-25-19-32(20-26-35)39(43)48-34-23-17-30(18-24-34)37(41)46-29(3)36(40)45-28-13-7-5-2/h15-26,29H,4-14,27-28H2,1-3H3/t29-/m0/s1. The van der Waals surface area contributed by atoms with Gasteiger partial charge in [0.1, 0.15) is 17.2 Å². The highest BCUT2D eigenvalue weighted by Crippen LogP contribution is 2.20. The summed E-state index contributed by atoms with van der Waals surface area (Å²) in [6.45, 7) is 6.65. The van der Waals surface area contributed by atoms with E-state index in [1.165, 1.54) is 94.0 Å². The van der Waals surface area contributed by atoms with Crippen LogP contribution < -0.4 is 14.2 Å². The third-order valence-electron chi connectivity index (χ3n) is 7.57. The van der Waals surface area contributed by atoms with E-state index in [4.69, 9.17) is 23.7 Å². The largest absolute Gasteiger partial charge is 0.494 e. The van der Waals surface area contributed by atoms with E-state index in [1.54, 1.807) is 24.3 Å². The van der Waals surface area contributed by atoms with E-state index in [0.29, 0.717) is 17.9 Å². The maximum absolute atomic E-state index is 12.7. The molecule has 0 aromatic heterocycles. The Morgan fingerprint density at radius 3 is 1.40 bits per heavy atom. The van der Waals surface area contributed by atoms with E-state index in [9.17, 15) is 19.2 Å². The molecule has 0 heterocycles. The number of carbonyl (C=O) groups is 4. The number of unbranched alkanes of at least 4 members (excludes halogenated alkanes) is 9. The molecule has 0 unspecified atom stereocenters. The molecule has 0 saturated carbocycles. The molecule has 0 amide bonds. The lowest BCUT2D eigenvalue weighted by atomic mass is 10.1. The van der Waals surface area contributed by atoms with Crippen LogP contribution in [-0.2, 0) is 14.3 Å². The first-order valence-corrected chi connectivity index (χ1v) is 17.1. The molecule has 1 atom stereocenters. The molecule has 258 valence electrons. The Labute approximate surface area is 283 Å². The lowest BCUT2D eigenvalue weighted by Crippen LogP contribution is -2.26. The zero-order valence-electron chi connectivity index (χ0n) is 28.4. The predicted octanol–water partition coefficient (Wildman–Crippen LogP) is 8.92. The summed E-state index contributed by atoms with van der Waals surface area (Å²) >= 11 is 0. The van der Waals surface area contributed by atoms with Crippen LogP contribution in [0, 0.1) is 0 Å². The van der Waals surface area contributed by atoms with Crippen molar-refractivity contribution in [2.75, 3.05) is 13.2 Å². The van der Waals surface area contributed by atoms with Crippen molar-refractivity contribution in [1.29, 1.82) is 0 Å². The molecule has 3 aromatic rings. The third kappa shape index (κ3) is 13.6. The van der Waals surface area contributed by atoms with Gasteiger partial charge in [-0.15, -0.1) is 0 Å². The van der Waals surface area contributed by atoms with Crippen molar-refractivity contribution in [1.82, 2.24) is 0 Å². The number of hydrogen-bond acceptors (Lipinski definition) is 9. The van der Waals surface area contributed by atoms with Gasteiger partial charge in [0.15, 0.2) is 6.10 Å².